The molecule has 0 aliphatic heterocycles. The third-order valence-electron chi connectivity index (χ3n) is 3.87. The summed E-state index contributed by atoms with van der Waals surface area (Å²) in [5.74, 6) is -1.19. The highest BCUT2D eigenvalue weighted by Crippen LogP contribution is 2.17. The van der Waals surface area contributed by atoms with Gasteiger partial charge in [0, 0.05) is 6.04 Å². The monoisotopic (exact) mass is 307 g/mol. The van der Waals surface area contributed by atoms with Gasteiger partial charge in [-0.25, -0.2) is 4.39 Å². The van der Waals surface area contributed by atoms with E-state index < -0.39 is 17.9 Å². The van der Waals surface area contributed by atoms with Gasteiger partial charge in [-0.2, -0.15) is 0 Å². The minimum absolute atomic E-state index is 0.0428. The van der Waals surface area contributed by atoms with Crippen LogP contribution in [0.4, 0.5) is 4.39 Å². The molecule has 1 aromatic carbocycles. The standard InChI is InChI=1S/C17H22FNO3/c1-12(17(21)19-15-8-3-2-4-9-15)22-16(20)11-13-6-5-7-14(18)10-13/h5-7,10,12,15H,2-4,8-9,11H2,1H3,(H,19,21)/t12-/m0/s1. The summed E-state index contributed by atoms with van der Waals surface area (Å²) in [6.45, 7) is 1.56. The van der Waals surface area contributed by atoms with Gasteiger partial charge in [0.1, 0.15) is 5.82 Å². The molecule has 1 atom stereocenters. The van der Waals surface area contributed by atoms with E-state index in [-0.39, 0.29) is 18.4 Å². The molecule has 0 radical (unpaired) electrons. The number of rotatable bonds is 5. The summed E-state index contributed by atoms with van der Waals surface area (Å²) in [6.07, 6.45) is 4.55. The van der Waals surface area contributed by atoms with Gasteiger partial charge >= 0.3 is 5.97 Å². The zero-order valence-electron chi connectivity index (χ0n) is 12.8. The average Bonchev–Trinajstić information content (AvgIpc) is 2.48. The number of amides is 1. The van der Waals surface area contributed by atoms with Crippen LogP contribution in [-0.4, -0.2) is 24.0 Å². The molecule has 0 bridgehead atoms. The normalized spacial score (nSPS) is 16.8. The van der Waals surface area contributed by atoms with Crippen LogP contribution in [0.15, 0.2) is 24.3 Å². The maximum atomic E-state index is 13.1. The van der Waals surface area contributed by atoms with E-state index in [4.69, 9.17) is 4.74 Å². The topological polar surface area (TPSA) is 55.4 Å². The lowest BCUT2D eigenvalue weighted by Crippen LogP contribution is -2.42. The van der Waals surface area contributed by atoms with Crippen LogP contribution in [0, 0.1) is 5.82 Å². The largest absolute Gasteiger partial charge is 0.452 e. The van der Waals surface area contributed by atoms with Crippen LogP contribution in [0.3, 0.4) is 0 Å². The molecular weight excluding hydrogens is 285 g/mol. The van der Waals surface area contributed by atoms with Crippen LogP contribution >= 0.6 is 0 Å². The zero-order chi connectivity index (χ0) is 15.9. The molecule has 0 aromatic heterocycles. The molecule has 2 rings (SSSR count). The predicted octanol–water partition coefficient (Wildman–Crippen LogP) is 2.75. The lowest BCUT2D eigenvalue weighted by molar-refractivity contribution is -0.154. The van der Waals surface area contributed by atoms with Crippen molar-refractivity contribution in [3.63, 3.8) is 0 Å². The second-order valence-electron chi connectivity index (χ2n) is 5.78. The first-order valence-electron chi connectivity index (χ1n) is 7.79. The SMILES string of the molecule is C[C@H](OC(=O)Cc1cccc(F)c1)C(=O)NC1CCCCC1. The molecule has 1 saturated carbocycles. The van der Waals surface area contributed by atoms with E-state index in [1.54, 1.807) is 13.0 Å². The molecule has 1 fully saturated rings. The molecule has 1 aromatic rings. The number of nitrogens with one attached hydrogen (secondary N) is 1. The highest BCUT2D eigenvalue weighted by atomic mass is 19.1. The molecule has 1 amide bonds. The fraction of sp³-hybridized carbons (Fsp3) is 0.529. The van der Waals surface area contributed by atoms with E-state index in [0.29, 0.717) is 5.56 Å². The van der Waals surface area contributed by atoms with Crippen LogP contribution in [0.1, 0.15) is 44.6 Å². The van der Waals surface area contributed by atoms with Crippen molar-refractivity contribution in [3.8, 4) is 0 Å². The molecule has 1 aliphatic rings. The Morgan fingerprint density at radius 3 is 2.73 bits per heavy atom. The third-order valence-corrected chi connectivity index (χ3v) is 3.87. The van der Waals surface area contributed by atoms with Gasteiger partial charge in [0.15, 0.2) is 6.10 Å². The quantitative estimate of drug-likeness (QED) is 0.851. The number of hydrogen-bond acceptors (Lipinski definition) is 3. The second kappa shape index (κ2) is 7.92. The Labute approximate surface area is 130 Å². The van der Waals surface area contributed by atoms with Gasteiger partial charge in [-0.3, -0.25) is 9.59 Å². The highest BCUT2D eigenvalue weighted by molar-refractivity contribution is 5.84. The Morgan fingerprint density at radius 1 is 1.32 bits per heavy atom. The number of ether oxygens (including phenoxy) is 1. The molecule has 1 aliphatic carbocycles. The summed E-state index contributed by atoms with van der Waals surface area (Å²) in [7, 11) is 0. The zero-order valence-corrected chi connectivity index (χ0v) is 12.8. The van der Waals surface area contributed by atoms with Crippen molar-refractivity contribution in [2.75, 3.05) is 0 Å². The minimum Gasteiger partial charge on any atom is -0.452 e. The Hall–Kier alpha value is -1.91. The molecule has 0 heterocycles. The maximum absolute atomic E-state index is 13.1. The second-order valence-corrected chi connectivity index (χ2v) is 5.78. The first-order chi connectivity index (χ1) is 10.5. The Balaban J connectivity index is 1.78. The van der Waals surface area contributed by atoms with Crippen LogP contribution < -0.4 is 5.32 Å². The van der Waals surface area contributed by atoms with Gasteiger partial charge in [-0.05, 0) is 37.5 Å². The lowest BCUT2D eigenvalue weighted by atomic mass is 9.95. The Bertz CT molecular complexity index is 526. The first-order valence-corrected chi connectivity index (χ1v) is 7.79. The first kappa shape index (κ1) is 16.5. The lowest BCUT2D eigenvalue weighted by Gasteiger charge is -2.24. The molecule has 0 spiro atoms. The summed E-state index contributed by atoms with van der Waals surface area (Å²) in [5.41, 5.74) is 0.532. The highest BCUT2D eigenvalue weighted by Gasteiger charge is 2.22. The minimum atomic E-state index is -0.831. The number of esters is 1. The summed E-state index contributed by atoms with van der Waals surface area (Å²) >= 11 is 0. The van der Waals surface area contributed by atoms with Gasteiger partial charge in [0.25, 0.3) is 5.91 Å². The average molecular weight is 307 g/mol. The van der Waals surface area contributed by atoms with E-state index in [2.05, 4.69) is 5.32 Å². The number of hydrogen-bond donors (Lipinski definition) is 1. The van der Waals surface area contributed by atoms with Crippen molar-refractivity contribution in [3.05, 3.63) is 35.6 Å². The third kappa shape index (κ3) is 5.13. The molecule has 4 nitrogen and oxygen atoms in total. The van der Waals surface area contributed by atoms with Crippen molar-refractivity contribution in [1.29, 1.82) is 0 Å². The van der Waals surface area contributed by atoms with Crippen molar-refractivity contribution < 1.29 is 18.7 Å². The van der Waals surface area contributed by atoms with E-state index in [9.17, 15) is 14.0 Å². The van der Waals surface area contributed by atoms with Gasteiger partial charge in [-0.15, -0.1) is 0 Å². The Morgan fingerprint density at radius 2 is 2.05 bits per heavy atom. The molecule has 1 N–H and O–H groups in total. The van der Waals surface area contributed by atoms with E-state index >= 15 is 0 Å². The van der Waals surface area contributed by atoms with Crippen molar-refractivity contribution in [2.45, 2.75) is 57.6 Å². The van der Waals surface area contributed by atoms with Crippen LogP contribution in [0.2, 0.25) is 0 Å². The van der Waals surface area contributed by atoms with Gasteiger partial charge in [-0.1, -0.05) is 31.4 Å². The maximum Gasteiger partial charge on any atom is 0.311 e. The van der Waals surface area contributed by atoms with E-state index in [0.717, 1.165) is 25.7 Å². The molecule has 120 valence electrons. The predicted molar refractivity (Wildman–Crippen MR) is 80.7 cm³/mol. The number of halogens is 1. The number of carbonyl (C=O) groups excluding carboxylic acids is 2. The molecule has 0 unspecified atom stereocenters. The molecular formula is C17H22FNO3. The molecule has 5 heteroatoms. The van der Waals surface area contributed by atoms with Crippen LogP contribution in [0.5, 0.6) is 0 Å². The van der Waals surface area contributed by atoms with Gasteiger partial charge in [0.2, 0.25) is 0 Å². The van der Waals surface area contributed by atoms with Gasteiger partial charge < -0.3 is 10.1 Å². The van der Waals surface area contributed by atoms with Crippen LogP contribution in [0.25, 0.3) is 0 Å². The van der Waals surface area contributed by atoms with Crippen molar-refractivity contribution in [1.82, 2.24) is 5.32 Å². The van der Waals surface area contributed by atoms with Crippen LogP contribution in [-0.2, 0) is 20.7 Å². The number of carbonyl (C=O) groups is 2. The summed E-state index contributed by atoms with van der Waals surface area (Å²) < 4.78 is 18.2. The summed E-state index contributed by atoms with van der Waals surface area (Å²) in [4.78, 5) is 23.8. The van der Waals surface area contributed by atoms with Crippen molar-refractivity contribution >= 4 is 11.9 Å². The van der Waals surface area contributed by atoms with E-state index in [1.807, 2.05) is 0 Å². The fourth-order valence-corrected chi connectivity index (χ4v) is 2.67. The number of benzene rings is 1. The van der Waals surface area contributed by atoms with E-state index in [1.165, 1.54) is 24.6 Å². The fourth-order valence-electron chi connectivity index (χ4n) is 2.67. The summed E-state index contributed by atoms with van der Waals surface area (Å²) in [5, 5.41) is 2.92. The molecule has 0 saturated heterocycles. The summed E-state index contributed by atoms with van der Waals surface area (Å²) in [6, 6.07) is 5.97. The smallest absolute Gasteiger partial charge is 0.311 e. The van der Waals surface area contributed by atoms with Crippen molar-refractivity contribution in [2.24, 2.45) is 0 Å². The molecule has 22 heavy (non-hydrogen) atoms. The Kier molecular flexibility index (Phi) is 5.92. The van der Waals surface area contributed by atoms with Gasteiger partial charge in [0.05, 0.1) is 6.42 Å².